The lowest BCUT2D eigenvalue weighted by molar-refractivity contribution is 1.61. The molecule has 25 heavy (non-hydrogen) atoms. The predicted molar refractivity (Wildman–Crippen MR) is 112 cm³/mol. The molecule has 0 atom stereocenters. The molecule has 0 fully saturated rings. The van der Waals surface area contributed by atoms with Crippen molar-refractivity contribution in [2.45, 2.75) is 0 Å². The first-order valence-electron chi connectivity index (χ1n) is 8.31. The Morgan fingerprint density at radius 2 is 1.16 bits per heavy atom. The van der Waals surface area contributed by atoms with Gasteiger partial charge in [0.25, 0.3) is 0 Å². The largest absolute Gasteiger partial charge is 0.0622 e. The van der Waals surface area contributed by atoms with Crippen molar-refractivity contribution in [3.8, 4) is 11.1 Å². The van der Waals surface area contributed by atoms with E-state index in [0.29, 0.717) is 0 Å². The monoisotopic (exact) mass is 384 g/mol. The van der Waals surface area contributed by atoms with E-state index in [4.69, 9.17) is 0 Å². The van der Waals surface area contributed by atoms with Crippen LogP contribution < -0.4 is 0 Å². The Bertz CT molecular complexity index is 1030. The van der Waals surface area contributed by atoms with Crippen molar-refractivity contribution < 1.29 is 0 Å². The minimum absolute atomic E-state index is 1.10. The summed E-state index contributed by atoms with van der Waals surface area (Å²) >= 11 is 3.47. The summed E-state index contributed by atoms with van der Waals surface area (Å²) in [5, 5.41) is 2.53. The van der Waals surface area contributed by atoms with E-state index >= 15 is 0 Å². The highest BCUT2D eigenvalue weighted by Crippen LogP contribution is 2.25. The Balaban J connectivity index is 1.63. The highest BCUT2D eigenvalue weighted by molar-refractivity contribution is 9.10. The van der Waals surface area contributed by atoms with Gasteiger partial charge in [0.1, 0.15) is 0 Å². The van der Waals surface area contributed by atoms with Crippen LogP contribution in [0.15, 0.2) is 95.5 Å². The maximum atomic E-state index is 3.47. The molecule has 0 saturated heterocycles. The van der Waals surface area contributed by atoms with Gasteiger partial charge in [-0.15, -0.1) is 0 Å². The van der Waals surface area contributed by atoms with Crippen LogP contribution in [0.4, 0.5) is 0 Å². The van der Waals surface area contributed by atoms with Crippen LogP contribution in [0.25, 0.3) is 34.1 Å². The zero-order chi connectivity index (χ0) is 17.1. The van der Waals surface area contributed by atoms with Gasteiger partial charge in [0.05, 0.1) is 0 Å². The molecule has 0 nitrogen and oxygen atoms in total. The molecule has 0 aliphatic carbocycles. The quantitative estimate of drug-likeness (QED) is 0.322. The van der Waals surface area contributed by atoms with Crippen LogP contribution in [0.1, 0.15) is 11.1 Å². The fourth-order valence-corrected chi connectivity index (χ4v) is 3.21. The van der Waals surface area contributed by atoms with E-state index < -0.39 is 0 Å². The first kappa shape index (κ1) is 15.9. The van der Waals surface area contributed by atoms with Crippen molar-refractivity contribution in [1.82, 2.24) is 0 Å². The molecule has 0 aromatic heterocycles. The SMILES string of the molecule is Brc1ccc(/C=C/c2ccc3cc(-c4ccccc4)ccc3c2)cc1. The molecule has 0 aliphatic heterocycles. The van der Waals surface area contributed by atoms with E-state index in [-0.39, 0.29) is 0 Å². The molecule has 0 bridgehead atoms. The van der Waals surface area contributed by atoms with Crippen LogP contribution in [-0.4, -0.2) is 0 Å². The molecule has 0 N–H and O–H groups in total. The number of hydrogen-bond donors (Lipinski definition) is 0. The maximum absolute atomic E-state index is 3.47. The van der Waals surface area contributed by atoms with Crippen LogP contribution in [0.5, 0.6) is 0 Å². The third-order valence-corrected chi connectivity index (χ3v) is 4.84. The van der Waals surface area contributed by atoms with E-state index in [2.05, 4.69) is 119 Å². The fraction of sp³-hybridized carbons (Fsp3) is 0. The lowest BCUT2D eigenvalue weighted by Gasteiger charge is -2.05. The fourth-order valence-electron chi connectivity index (χ4n) is 2.94. The van der Waals surface area contributed by atoms with E-state index in [1.54, 1.807) is 0 Å². The second-order valence-corrected chi connectivity index (χ2v) is 6.99. The molecule has 120 valence electrons. The Kier molecular flexibility index (Phi) is 4.49. The maximum Gasteiger partial charge on any atom is 0.0175 e. The van der Waals surface area contributed by atoms with Crippen LogP contribution in [0.3, 0.4) is 0 Å². The third-order valence-electron chi connectivity index (χ3n) is 4.31. The molecule has 0 unspecified atom stereocenters. The van der Waals surface area contributed by atoms with Gasteiger partial charge in [-0.3, -0.25) is 0 Å². The van der Waals surface area contributed by atoms with Crippen LogP contribution in [0, 0.1) is 0 Å². The molecule has 0 aliphatic rings. The summed E-state index contributed by atoms with van der Waals surface area (Å²) < 4.78 is 1.10. The minimum atomic E-state index is 1.10. The van der Waals surface area contributed by atoms with Crippen molar-refractivity contribution in [3.63, 3.8) is 0 Å². The smallest absolute Gasteiger partial charge is 0.0175 e. The molecule has 0 radical (unpaired) electrons. The number of rotatable bonds is 3. The highest BCUT2D eigenvalue weighted by Gasteiger charge is 2.00. The molecule has 4 aromatic rings. The summed E-state index contributed by atoms with van der Waals surface area (Å²) in [6.45, 7) is 0. The average Bonchev–Trinajstić information content (AvgIpc) is 2.68. The van der Waals surface area contributed by atoms with Crippen molar-refractivity contribution in [2.24, 2.45) is 0 Å². The van der Waals surface area contributed by atoms with E-state index in [1.807, 2.05) is 0 Å². The van der Waals surface area contributed by atoms with Gasteiger partial charge in [-0.1, -0.05) is 94.8 Å². The van der Waals surface area contributed by atoms with E-state index in [9.17, 15) is 0 Å². The zero-order valence-electron chi connectivity index (χ0n) is 13.7. The molecule has 0 saturated carbocycles. The van der Waals surface area contributed by atoms with Crippen molar-refractivity contribution in [3.05, 3.63) is 107 Å². The van der Waals surface area contributed by atoms with Gasteiger partial charge in [0, 0.05) is 4.47 Å². The molecule has 0 heterocycles. The van der Waals surface area contributed by atoms with Gasteiger partial charge >= 0.3 is 0 Å². The third kappa shape index (κ3) is 3.72. The Hall–Kier alpha value is -2.64. The van der Waals surface area contributed by atoms with Crippen molar-refractivity contribution in [1.29, 1.82) is 0 Å². The number of hydrogen-bond acceptors (Lipinski definition) is 0. The Morgan fingerprint density at radius 1 is 0.520 bits per heavy atom. The van der Waals surface area contributed by atoms with E-state index in [1.165, 1.54) is 33.0 Å². The number of fused-ring (bicyclic) bond motifs is 1. The summed E-state index contributed by atoms with van der Waals surface area (Å²) in [5.41, 5.74) is 4.92. The lowest BCUT2D eigenvalue weighted by Crippen LogP contribution is -1.80. The second-order valence-electron chi connectivity index (χ2n) is 6.07. The topological polar surface area (TPSA) is 0 Å². The molecule has 4 aromatic carbocycles. The Labute approximate surface area is 156 Å². The lowest BCUT2D eigenvalue weighted by atomic mass is 10.00. The molecule has 1 heteroatoms. The van der Waals surface area contributed by atoms with E-state index in [0.717, 1.165) is 4.47 Å². The highest BCUT2D eigenvalue weighted by atomic mass is 79.9. The normalized spacial score (nSPS) is 11.2. The van der Waals surface area contributed by atoms with Gasteiger partial charge < -0.3 is 0 Å². The van der Waals surface area contributed by atoms with Crippen LogP contribution >= 0.6 is 15.9 Å². The van der Waals surface area contributed by atoms with Gasteiger partial charge in [-0.2, -0.15) is 0 Å². The zero-order valence-corrected chi connectivity index (χ0v) is 15.3. The van der Waals surface area contributed by atoms with Crippen LogP contribution in [-0.2, 0) is 0 Å². The van der Waals surface area contributed by atoms with Gasteiger partial charge in [-0.25, -0.2) is 0 Å². The molecule has 0 amide bonds. The van der Waals surface area contributed by atoms with Crippen LogP contribution in [0.2, 0.25) is 0 Å². The summed E-state index contributed by atoms with van der Waals surface area (Å²) in [6.07, 6.45) is 4.31. The second kappa shape index (κ2) is 7.08. The van der Waals surface area contributed by atoms with Crippen molar-refractivity contribution in [2.75, 3.05) is 0 Å². The van der Waals surface area contributed by atoms with Gasteiger partial charge in [0.2, 0.25) is 0 Å². The molecule has 4 rings (SSSR count). The minimum Gasteiger partial charge on any atom is -0.0622 e. The van der Waals surface area contributed by atoms with Gasteiger partial charge in [-0.05, 0) is 57.3 Å². The Morgan fingerprint density at radius 3 is 1.96 bits per heavy atom. The molecular weight excluding hydrogens is 368 g/mol. The summed E-state index contributed by atoms with van der Waals surface area (Å²) in [6, 6.07) is 32.1. The van der Waals surface area contributed by atoms with Gasteiger partial charge in [0.15, 0.2) is 0 Å². The summed E-state index contributed by atoms with van der Waals surface area (Å²) in [5.74, 6) is 0. The summed E-state index contributed by atoms with van der Waals surface area (Å²) in [7, 11) is 0. The molecule has 0 spiro atoms. The number of halogens is 1. The first-order chi connectivity index (χ1) is 12.3. The number of benzene rings is 4. The predicted octanol–water partition coefficient (Wildman–Crippen LogP) is 7.44. The average molecular weight is 385 g/mol. The first-order valence-corrected chi connectivity index (χ1v) is 9.10. The molecular formula is C24H17Br. The standard InChI is InChI=1S/C24H17Br/c25-24-14-9-18(10-15-24)6-7-19-8-11-23-17-22(13-12-21(23)16-19)20-4-2-1-3-5-20/h1-17H/b7-6+. The summed E-state index contributed by atoms with van der Waals surface area (Å²) in [4.78, 5) is 0. The van der Waals surface area contributed by atoms with Crippen molar-refractivity contribution >= 4 is 38.9 Å².